The fraction of sp³-hybridized carbons (Fsp3) is 0.130. The number of anilines is 2. The number of amides is 1. The summed E-state index contributed by atoms with van der Waals surface area (Å²) in [6.45, 7) is 3.90. The molecule has 0 aliphatic carbocycles. The number of benzene rings is 2. The van der Waals surface area contributed by atoms with Crippen LogP contribution < -0.4 is 11.1 Å². The first-order chi connectivity index (χ1) is 14.8. The fourth-order valence-electron chi connectivity index (χ4n) is 3.11. The van der Waals surface area contributed by atoms with Crippen molar-refractivity contribution in [2.24, 2.45) is 0 Å². The van der Waals surface area contributed by atoms with Crippen molar-refractivity contribution in [3.05, 3.63) is 69.7 Å². The van der Waals surface area contributed by atoms with Crippen molar-refractivity contribution < 1.29 is 4.79 Å². The van der Waals surface area contributed by atoms with E-state index in [2.05, 4.69) is 16.4 Å². The Kier molecular flexibility index (Phi) is 6.81. The quantitative estimate of drug-likeness (QED) is 0.527. The van der Waals surface area contributed by atoms with Gasteiger partial charge < -0.3 is 11.1 Å². The maximum Gasteiger partial charge on any atom is 0.234 e. The zero-order chi connectivity index (χ0) is 22.5. The van der Waals surface area contributed by atoms with E-state index in [-0.39, 0.29) is 33.6 Å². The van der Waals surface area contributed by atoms with E-state index in [4.69, 9.17) is 17.3 Å². The minimum atomic E-state index is -0.245. The van der Waals surface area contributed by atoms with Gasteiger partial charge in [0.2, 0.25) is 5.91 Å². The lowest BCUT2D eigenvalue weighted by Crippen LogP contribution is -2.15. The van der Waals surface area contributed by atoms with Crippen LogP contribution in [0.5, 0.6) is 0 Å². The zero-order valence-electron chi connectivity index (χ0n) is 16.9. The number of thioether (sulfide) groups is 1. The summed E-state index contributed by atoms with van der Waals surface area (Å²) in [4.78, 5) is 16.7. The number of nitrogen functional groups attached to an aromatic ring is 1. The molecular formula is C23H18ClN5OS. The topological polar surface area (TPSA) is 116 Å². The van der Waals surface area contributed by atoms with E-state index in [0.29, 0.717) is 16.1 Å². The van der Waals surface area contributed by atoms with Crippen LogP contribution in [0.15, 0.2) is 47.5 Å². The minimum Gasteiger partial charge on any atom is -0.383 e. The normalized spacial score (nSPS) is 10.2. The van der Waals surface area contributed by atoms with Crippen molar-refractivity contribution in [2.45, 2.75) is 18.9 Å². The van der Waals surface area contributed by atoms with Crippen molar-refractivity contribution >= 4 is 40.8 Å². The van der Waals surface area contributed by atoms with Crippen LogP contribution in [0, 0.1) is 36.5 Å². The number of halogens is 1. The lowest BCUT2D eigenvalue weighted by atomic mass is 9.97. The number of hydrogen-bond acceptors (Lipinski definition) is 6. The van der Waals surface area contributed by atoms with E-state index in [1.807, 2.05) is 38.1 Å². The standard InChI is InChI=1S/C23H18ClN5OS/c1-13-7-8-19(14(2)9-13)28-20(30)12-31-23-17(11-26)21(16(10-25)22(27)29-23)15-5-3-4-6-18(15)24/h3-9H,12H2,1-2H3,(H2,27,29)(H,28,30). The monoisotopic (exact) mass is 447 g/mol. The third kappa shape index (κ3) is 4.80. The molecule has 6 nitrogen and oxygen atoms in total. The van der Waals surface area contributed by atoms with E-state index in [1.54, 1.807) is 24.3 Å². The molecule has 31 heavy (non-hydrogen) atoms. The lowest BCUT2D eigenvalue weighted by molar-refractivity contribution is -0.113. The van der Waals surface area contributed by atoms with Crippen LogP contribution in [0.4, 0.5) is 11.5 Å². The second kappa shape index (κ2) is 9.53. The van der Waals surface area contributed by atoms with Crippen LogP contribution in [-0.2, 0) is 4.79 Å². The van der Waals surface area contributed by atoms with Crippen molar-refractivity contribution in [1.29, 1.82) is 10.5 Å². The van der Waals surface area contributed by atoms with Crippen LogP contribution in [0.3, 0.4) is 0 Å². The number of pyridine rings is 1. The van der Waals surface area contributed by atoms with Gasteiger partial charge in [-0.15, -0.1) is 0 Å². The molecule has 0 bridgehead atoms. The molecule has 154 valence electrons. The highest BCUT2D eigenvalue weighted by Crippen LogP contribution is 2.38. The van der Waals surface area contributed by atoms with Gasteiger partial charge >= 0.3 is 0 Å². The number of nitrogens with one attached hydrogen (secondary N) is 1. The van der Waals surface area contributed by atoms with Gasteiger partial charge in [-0.1, -0.05) is 59.3 Å². The number of nitrogens with zero attached hydrogens (tertiary/aromatic N) is 3. The van der Waals surface area contributed by atoms with Crippen LogP contribution in [-0.4, -0.2) is 16.6 Å². The molecule has 0 aliphatic rings. The summed E-state index contributed by atoms with van der Waals surface area (Å²) in [5.74, 6) is -0.249. The number of nitrogens with two attached hydrogens (primary N) is 1. The fourth-order valence-corrected chi connectivity index (χ4v) is 4.14. The van der Waals surface area contributed by atoms with Crippen molar-refractivity contribution in [1.82, 2.24) is 4.98 Å². The second-order valence-electron chi connectivity index (χ2n) is 6.79. The van der Waals surface area contributed by atoms with E-state index in [0.717, 1.165) is 28.6 Å². The number of carbonyl (C=O) groups is 1. The zero-order valence-corrected chi connectivity index (χ0v) is 18.4. The van der Waals surface area contributed by atoms with Gasteiger partial charge in [0, 0.05) is 21.8 Å². The smallest absolute Gasteiger partial charge is 0.234 e. The maximum atomic E-state index is 12.5. The highest BCUT2D eigenvalue weighted by atomic mass is 35.5. The highest BCUT2D eigenvalue weighted by molar-refractivity contribution is 8.00. The first-order valence-corrected chi connectivity index (χ1v) is 10.6. The third-order valence-electron chi connectivity index (χ3n) is 4.55. The summed E-state index contributed by atoms with van der Waals surface area (Å²) in [5.41, 5.74) is 9.85. The van der Waals surface area contributed by atoms with Gasteiger partial charge in [0.05, 0.1) is 11.3 Å². The molecule has 1 amide bonds. The number of hydrogen-bond donors (Lipinski definition) is 2. The van der Waals surface area contributed by atoms with Crippen molar-refractivity contribution in [2.75, 3.05) is 16.8 Å². The molecule has 3 rings (SSSR count). The molecule has 0 aliphatic heterocycles. The van der Waals surface area contributed by atoms with Gasteiger partial charge in [0.15, 0.2) is 0 Å². The Morgan fingerprint density at radius 3 is 2.52 bits per heavy atom. The van der Waals surface area contributed by atoms with Crippen LogP contribution in [0.1, 0.15) is 22.3 Å². The lowest BCUT2D eigenvalue weighted by Gasteiger charge is -2.14. The van der Waals surface area contributed by atoms with Gasteiger partial charge in [-0.2, -0.15) is 10.5 Å². The van der Waals surface area contributed by atoms with Gasteiger partial charge in [0.25, 0.3) is 0 Å². The number of rotatable bonds is 5. The van der Waals surface area contributed by atoms with E-state index in [1.165, 1.54) is 0 Å². The molecule has 0 spiro atoms. The Labute approximate surface area is 189 Å². The highest BCUT2D eigenvalue weighted by Gasteiger charge is 2.22. The van der Waals surface area contributed by atoms with Gasteiger partial charge in [0.1, 0.15) is 28.5 Å². The van der Waals surface area contributed by atoms with Crippen LogP contribution in [0.25, 0.3) is 11.1 Å². The summed E-state index contributed by atoms with van der Waals surface area (Å²) in [6.07, 6.45) is 0. The summed E-state index contributed by atoms with van der Waals surface area (Å²) >= 11 is 7.39. The summed E-state index contributed by atoms with van der Waals surface area (Å²) in [5, 5.41) is 22.9. The molecule has 8 heteroatoms. The molecule has 0 unspecified atom stereocenters. The Hall–Kier alpha value is -3.52. The Balaban J connectivity index is 1.93. The van der Waals surface area contributed by atoms with Gasteiger partial charge in [-0.3, -0.25) is 4.79 Å². The SMILES string of the molecule is Cc1ccc(NC(=O)CSc2nc(N)c(C#N)c(-c3ccccc3Cl)c2C#N)c(C)c1. The van der Waals surface area contributed by atoms with Crippen molar-refractivity contribution in [3.8, 4) is 23.3 Å². The predicted octanol–water partition coefficient (Wildman–Crippen LogP) is 5.08. The van der Waals surface area contributed by atoms with E-state index >= 15 is 0 Å². The van der Waals surface area contributed by atoms with Crippen LogP contribution >= 0.6 is 23.4 Å². The summed E-state index contributed by atoms with van der Waals surface area (Å²) < 4.78 is 0. The minimum absolute atomic E-state index is 0.0162. The average molecular weight is 448 g/mol. The maximum absolute atomic E-state index is 12.5. The Morgan fingerprint density at radius 2 is 1.87 bits per heavy atom. The van der Waals surface area contributed by atoms with Gasteiger partial charge in [-0.25, -0.2) is 4.98 Å². The predicted molar refractivity (Wildman–Crippen MR) is 124 cm³/mol. The van der Waals surface area contributed by atoms with E-state index in [9.17, 15) is 15.3 Å². The molecule has 0 fully saturated rings. The van der Waals surface area contributed by atoms with Crippen molar-refractivity contribution in [3.63, 3.8) is 0 Å². The first-order valence-electron chi connectivity index (χ1n) is 9.24. The molecule has 3 N–H and O–H groups in total. The molecule has 1 heterocycles. The number of carbonyl (C=O) groups excluding carboxylic acids is 1. The van der Waals surface area contributed by atoms with E-state index < -0.39 is 0 Å². The molecule has 0 saturated heterocycles. The molecule has 3 aromatic rings. The molecular weight excluding hydrogens is 430 g/mol. The van der Waals surface area contributed by atoms with Gasteiger partial charge in [-0.05, 0) is 31.5 Å². The Bertz CT molecular complexity index is 1260. The molecule has 0 atom stereocenters. The number of aryl methyl sites for hydroxylation is 2. The molecule has 2 aromatic carbocycles. The second-order valence-corrected chi connectivity index (χ2v) is 8.16. The number of nitriles is 2. The molecule has 0 radical (unpaired) electrons. The first kappa shape index (κ1) is 22.2. The van der Waals surface area contributed by atoms with Crippen LogP contribution in [0.2, 0.25) is 5.02 Å². The Morgan fingerprint density at radius 1 is 1.16 bits per heavy atom. The molecule has 0 saturated carbocycles. The largest absolute Gasteiger partial charge is 0.383 e. The summed E-state index contributed by atoms with van der Waals surface area (Å²) in [6, 6.07) is 16.7. The molecule has 1 aromatic heterocycles. The average Bonchev–Trinajstić information content (AvgIpc) is 2.74. The third-order valence-corrected chi connectivity index (χ3v) is 5.86. The number of aromatic nitrogens is 1. The summed E-state index contributed by atoms with van der Waals surface area (Å²) in [7, 11) is 0.